The number of halogens is 2. The van der Waals surface area contributed by atoms with Gasteiger partial charge in [-0.25, -0.2) is 9.18 Å². The van der Waals surface area contributed by atoms with Crippen molar-refractivity contribution in [1.82, 2.24) is 10.6 Å². The minimum absolute atomic E-state index is 0.000879. The van der Waals surface area contributed by atoms with Crippen molar-refractivity contribution in [2.45, 2.75) is 31.7 Å². The summed E-state index contributed by atoms with van der Waals surface area (Å²) < 4.78 is 18.5. The zero-order valence-electron chi connectivity index (χ0n) is 13.1. The number of benzene rings is 1. The Hall–Kier alpha value is -2.02. The molecule has 8 heteroatoms. The van der Waals surface area contributed by atoms with Crippen LogP contribution in [0.5, 0.6) is 5.75 Å². The number of amides is 2. The van der Waals surface area contributed by atoms with Gasteiger partial charge < -0.3 is 20.5 Å². The summed E-state index contributed by atoms with van der Waals surface area (Å²) in [7, 11) is 0. The van der Waals surface area contributed by atoms with Crippen LogP contribution in [0, 0.1) is 11.7 Å². The lowest BCUT2D eigenvalue weighted by Gasteiger charge is -2.28. The Balaban J connectivity index is 1.68. The fraction of sp³-hybridized carbons (Fsp3) is 0.500. The molecule has 1 fully saturated rings. The van der Waals surface area contributed by atoms with E-state index in [0.717, 1.165) is 31.7 Å². The van der Waals surface area contributed by atoms with E-state index >= 15 is 0 Å². The fourth-order valence-corrected chi connectivity index (χ4v) is 2.84. The van der Waals surface area contributed by atoms with Crippen LogP contribution in [-0.2, 0) is 4.79 Å². The molecule has 2 amide bonds. The molecule has 1 aromatic carbocycles. The summed E-state index contributed by atoms with van der Waals surface area (Å²) in [6.07, 6.45) is 2.30. The molecule has 1 saturated carbocycles. The monoisotopic (exact) mass is 358 g/mol. The van der Waals surface area contributed by atoms with Crippen LogP contribution in [-0.4, -0.2) is 36.3 Å². The van der Waals surface area contributed by atoms with Crippen LogP contribution < -0.4 is 15.4 Å². The van der Waals surface area contributed by atoms with E-state index in [0.29, 0.717) is 12.5 Å². The molecule has 0 unspecified atom stereocenters. The molecular weight excluding hydrogens is 339 g/mol. The van der Waals surface area contributed by atoms with E-state index < -0.39 is 11.9 Å². The van der Waals surface area contributed by atoms with E-state index in [-0.39, 0.29) is 29.3 Å². The van der Waals surface area contributed by atoms with Gasteiger partial charge in [0.05, 0.1) is 5.02 Å². The normalized spacial score (nSPS) is 20.2. The van der Waals surface area contributed by atoms with E-state index in [2.05, 4.69) is 10.6 Å². The first-order valence-electron chi connectivity index (χ1n) is 7.78. The van der Waals surface area contributed by atoms with E-state index in [1.54, 1.807) is 0 Å². The van der Waals surface area contributed by atoms with Crippen molar-refractivity contribution in [3.8, 4) is 5.75 Å². The highest BCUT2D eigenvalue weighted by Crippen LogP contribution is 2.24. The van der Waals surface area contributed by atoms with E-state index in [4.69, 9.17) is 21.4 Å². The molecule has 1 aliphatic rings. The van der Waals surface area contributed by atoms with Gasteiger partial charge in [0.1, 0.15) is 11.6 Å². The zero-order valence-corrected chi connectivity index (χ0v) is 13.8. The number of ether oxygens (including phenoxy) is 1. The maximum atomic E-state index is 13.3. The second-order valence-corrected chi connectivity index (χ2v) is 6.24. The topological polar surface area (TPSA) is 87.7 Å². The third kappa shape index (κ3) is 5.88. The van der Waals surface area contributed by atoms with Crippen molar-refractivity contribution < 1.29 is 23.8 Å². The first-order chi connectivity index (χ1) is 11.4. The predicted molar refractivity (Wildman–Crippen MR) is 86.8 cm³/mol. The predicted octanol–water partition coefficient (Wildman–Crippen LogP) is 2.80. The van der Waals surface area contributed by atoms with Crippen LogP contribution in [0.1, 0.15) is 25.7 Å². The summed E-state index contributed by atoms with van der Waals surface area (Å²) >= 11 is 5.58. The van der Waals surface area contributed by atoms with E-state index in [1.807, 2.05) is 0 Å². The Morgan fingerprint density at radius 2 is 2.00 bits per heavy atom. The fourth-order valence-electron chi connectivity index (χ4n) is 2.73. The number of carbonyl (C=O) groups excluding carboxylic acids is 1. The molecule has 0 spiro atoms. The Bertz CT molecular complexity index is 591. The van der Waals surface area contributed by atoms with Crippen LogP contribution >= 0.6 is 11.6 Å². The lowest BCUT2D eigenvalue weighted by molar-refractivity contribution is -0.124. The molecule has 0 atom stereocenters. The Morgan fingerprint density at radius 3 is 2.62 bits per heavy atom. The van der Waals surface area contributed by atoms with Crippen LogP contribution in [0.4, 0.5) is 9.18 Å². The summed E-state index contributed by atoms with van der Waals surface area (Å²) in [6, 6.07) is 4.07. The molecule has 6 nitrogen and oxygen atoms in total. The molecule has 2 rings (SSSR count). The second-order valence-electron chi connectivity index (χ2n) is 5.84. The number of carboxylic acid groups (broad SMARTS) is 1. The first-order valence-corrected chi connectivity index (χ1v) is 8.16. The molecule has 132 valence electrons. The maximum absolute atomic E-state index is 13.3. The molecule has 1 aliphatic carbocycles. The summed E-state index contributed by atoms with van der Waals surface area (Å²) in [5.74, 6) is -0.307. The Morgan fingerprint density at radius 1 is 1.29 bits per heavy atom. The molecule has 0 heterocycles. The largest absolute Gasteiger partial charge is 0.484 e. The number of nitrogens with one attached hydrogen (secondary N) is 2. The van der Waals surface area contributed by atoms with Gasteiger partial charge in [-0.15, -0.1) is 0 Å². The SMILES string of the molecule is O=C(O)NCC1CCC(NC(=O)COc2ccc(Cl)c(F)c2)CC1. The highest BCUT2D eigenvalue weighted by atomic mass is 35.5. The second kappa shape index (κ2) is 8.73. The lowest BCUT2D eigenvalue weighted by Crippen LogP contribution is -2.41. The standard InChI is InChI=1S/C16H20ClFN2O4/c17-13-6-5-12(7-14(13)18)24-9-15(21)20-11-3-1-10(2-4-11)8-19-16(22)23/h5-7,10-11,19H,1-4,8-9H2,(H,20,21)(H,22,23). The van der Waals surface area contributed by atoms with Crippen LogP contribution in [0.25, 0.3) is 0 Å². The zero-order chi connectivity index (χ0) is 17.5. The van der Waals surface area contributed by atoms with E-state index in [9.17, 15) is 14.0 Å². The molecule has 0 bridgehead atoms. The van der Waals surface area contributed by atoms with Crippen molar-refractivity contribution in [1.29, 1.82) is 0 Å². The molecule has 1 aromatic rings. The molecular formula is C16H20ClFN2O4. The third-order valence-electron chi connectivity index (χ3n) is 4.01. The third-order valence-corrected chi connectivity index (χ3v) is 4.32. The van der Waals surface area contributed by atoms with Gasteiger partial charge in [-0.1, -0.05) is 11.6 Å². The maximum Gasteiger partial charge on any atom is 0.404 e. The molecule has 0 saturated heterocycles. The average molecular weight is 359 g/mol. The van der Waals surface area contributed by atoms with Gasteiger partial charge in [0.2, 0.25) is 0 Å². The number of carbonyl (C=O) groups is 2. The molecule has 3 N–H and O–H groups in total. The van der Waals surface area contributed by atoms with Crippen molar-refractivity contribution in [3.63, 3.8) is 0 Å². The van der Waals surface area contributed by atoms with Crippen molar-refractivity contribution in [2.24, 2.45) is 5.92 Å². The van der Waals surface area contributed by atoms with Crippen LogP contribution in [0.3, 0.4) is 0 Å². The van der Waals surface area contributed by atoms with Gasteiger partial charge in [0.25, 0.3) is 5.91 Å². The summed E-state index contributed by atoms with van der Waals surface area (Å²) in [4.78, 5) is 22.4. The highest BCUT2D eigenvalue weighted by molar-refractivity contribution is 6.30. The molecule has 0 aliphatic heterocycles. The van der Waals surface area contributed by atoms with Gasteiger partial charge >= 0.3 is 6.09 Å². The Kier molecular flexibility index (Phi) is 6.66. The summed E-state index contributed by atoms with van der Waals surface area (Å²) in [5.41, 5.74) is 0. The minimum Gasteiger partial charge on any atom is -0.484 e. The van der Waals surface area contributed by atoms with Gasteiger partial charge in [-0.05, 0) is 43.7 Å². The summed E-state index contributed by atoms with van der Waals surface area (Å²) in [6.45, 7) is 0.253. The number of rotatable bonds is 6. The van der Waals surface area contributed by atoms with E-state index in [1.165, 1.54) is 12.1 Å². The number of hydrogen-bond acceptors (Lipinski definition) is 3. The molecule has 0 radical (unpaired) electrons. The highest BCUT2D eigenvalue weighted by Gasteiger charge is 2.22. The van der Waals surface area contributed by atoms with Crippen molar-refractivity contribution in [2.75, 3.05) is 13.2 Å². The van der Waals surface area contributed by atoms with Crippen molar-refractivity contribution >= 4 is 23.6 Å². The quantitative estimate of drug-likeness (QED) is 0.729. The van der Waals surface area contributed by atoms with Crippen LogP contribution in [0.2, 0.25) is 5.02 Å². The first kappa shape index (κ1) is 18.3. The Labute approximate surface area is 144 Å². The number of hydrogen-bond donors (Lipinski definition) is 3. The van der Waals surface area contributed by atoms with Crippen molar-refractivity contribution in [3.05, 3.63) is 29.0 Å². The minimum atomic E-state index is -1.01. The van der Waals surface area contributed by atoms with Gasteiger partial charge in [0.15, 0.2) is 6.61 Å². The molecule has 0 aromatic heterocycles. The lowest BCUT2D eigenvalue weighted by atomic mass is 9.86. The smallest absolute Gasteiger partial charge is 0.404 e. The summed E-state index contributed by atoms with van der Waals surface area (Å²) in [5, 5.41) is 13.9. The average Bonchev–Trinajstić information content (AvgIpc) is 2.55. The molecule has 24 heavy (non-hydrogen) atoms. The van der Waals surface area contributed by atoms with Crippen LogP contribution in [0.15, 0.2) is 18.2 Å². The van der Waals surface area contributed by atoms with Gasteiger partial charge in [-0.3, -0.25) is 4.79 Å². The van der Waals surface area contributed by atoms with Gasteiger partial charge in [0, 0.05) is 18.7 Å². The van der Waals surface area contributed by atoms with Gasteiger partial charge in [-0.2, -0.15) is 0 Å².